The third kappa shape index (κ3) is 4.21. The van der Waals surface area contributed by atoms with Gasteiger partial charge in [-0.1, -0.05) is 33.6 Å². The molecule has 3 rings (SSSR count). The molecule has 116 valence electrons. The highest BCUT2D eigenvalue weighted by molar-refractivity contribution is 9.10. The van der Waals surface area contributed by atoms with Crippen molar-refractivity contribution in [3.8, 4) is 0 Å². The second-order valence-corrected chi connectivity index (χ2v) is 6.34. The van der Waals surface area contributed by atoms with Gasteiger partial charge in [0, 0.05) is 27.1 Å². The summed E-state index contributed by atoms with van der Waals surface area (Å²) in [5.41, 5.74) is 2.93. The van der Waals surface area contributed by atoms with Crippen LogP contribution in [0.4, 0.5) is 23.1 Å². The number of anilines is 4. The van der Waals surface area contributed by atoms with Gasteiger partial charge in [-0.05, 0) is 55.0 Å². The van der Waals surface area contributed by atoms with Crippen molar-refractivity contribution in [2.24, 2.45) is 0 Å². The van der Waals surface area contributed by atoms with Crippen LogP contribution in [0.1, 0.15) is 5.56 Å². The molecule has 6 heteroatoms. The van der Waals surface area contributed by atoms with E-state index in [0.29, 0.717) is 16.8 Å². The van der Waals surface area contributed by atoms with E-state index in [4.69, 9.17) is 11.6 Å². The summed E-state index contributed by atoms with van der Waals surface area (Å²) in [6.45, 7) is 2.00. The molecule has 0 saturated heterocycles. The summed E-state index contributed by atoms with van der Waals surface area (Å²) in [6.07, 6.45) is 1.71. The Hall–Kier alpha value is -2.11. The lowest BCUT2D eigenvalue weighted by atomic mass is 10.2. The van der Waals surface area contributed by atoms with Gasteiger partial charge in [-0.2, -0.15) is 4.98 Å². The van der Waals surface area contributed by atoms with Crippen molar-refractivity contribution in [1.29, 1.82) is 0 Å². The topological polar surface area (TPSA) is 49.8 Å². The number of nitrogens with one attached hydrogen (secondary N) is 2. The molecule has 0 aliphatic rings. The average molecular weight is 390 g/mol. The van der Waals surface area contributed by atoms with Crippen LogP contribution in [-0.2, 0) is 0 Å². The zero-order chi connectivity index (χ0) is 16.2. The van der Waals surface area contributed by atoms with Crippen LogP contribution in [0.2, 0.25) is 5.02 Å². The van der Waals surface area contributed by atoms with E-state index in [2.05, 4.69) is 36.5 Å². The first-order valence-electron chi connectivity index (χ1n) is 6.99. The second kappa shape index (κ2) is 6.98. The Balaban J connectivity index is 1.79. The summed E-state index contributed by atoms with van der Waals surface area (Å²) in [5.74, 6) is 1.24. The molecule has 3 aromatic rings. The minimum atomic E-state index is 0.528. The Kier molecular flexibility index (Phi) is 4.79. The van der Waals surface area contributed by atoms with Crippen molar-refractivity contribution in [2.45, 2.75) is 6.92 Å². The van der Waals surface area contributed by atoms with Gasteiger partial charge in [0.15, 0.2) is 0 Å². The fourth-order valence-corrected chi connectivity index (χ4v) is 2.72. The molecule has 0 radical (unpaired) electrons. The molecule has 23 heavy (non-hydrogen) atoms. The van der Waals surface area contributed by atoms with Crippen LogP contribution in [-0.4, -0.2) is 9.97 Å². The molecule has 0 unspecified atom stereocenters. The lowest BCUT2D eigenvalue weighted by molar-refractivity contribution is 1.16. The van der Waals surface area contributed by atoms with Crippen molar-refractivity contribution in [1.82, 2.24) is 9.97 Å². The molecule has 0 aliphatic carbocycles. The SMILES string of the molecule is Cc1cc(Cl)ccc1Nc1ccnc(Nc2cccc(Br)c2)n1. The van der Waals surface area contributed by atoms with Gasteiger partial charge in [0.05, 0.1) is 0 Å². The molecule has 2 aromatic carbocycles. The summed E-state index contributed by atoms with van der Waals surface area (Å²) < 4.78 is 0.994. The molecule has 1 heterocycles. The van der Waals surface area contributed by atoms with E-state index in [0.717, 1.165) is 21.4 Å². The van der Waals surface area contributed by atoms with Gasteiger partial charge < -0.3 is 10.6 Å². The summed E-state index contributed by atoms with van der Waals surface area (Å²) in [4.78, 5) is 8.72. The summed E-state index contributed by atoms with van der Waals surface area (Å²) in [5, 5.41) is 7.17. The molecule has 1 aromatic heterocycles. The number of aromatic nitrogens is 2. The van der Waals surface area contributed by atoms with E-state index < -0.39 is 0 Å². The molecule has 0 spiro atoms. The molecule has 0 amide bonds. The molecular formula is C17H14BrClN4. The molecule has 0 fully saturated rings. The Morgan fingerprint density at radius 3 is 2.70 bits per heavy atom. The van der Waals surface area contributed by atoms with Crippen LogP contribution in [0.5, 0.6) is 0 Å². The first-order valence-corrected chi connectivity index (χ1v) is 8.16. The molecular weight excluding hydrogens is 376 g/mol. The minimum Gasteiger partial charge on any atom is -0.340 e. The number of hydrogen-bond acceptors (Lipinski definition) is 4. The highest BCUT2D eigenvalue weighted by atomic mass is 79.9. The predicted molar refractivity (Wildman–Crippen MR) is 98.9 cm³/mol. The maximum absolute atomic E-state index is 5.98. The number of halogens is 2. The van der Waals surface area contributed by atoms with E-state index >= 15 is 0 Å². The average Bonchev–Trinajstić information content (AvgIpc) is 2.51. The number of aryl methyl sites for hydroxylation is 1. The maximum atomic E-state index is 5.98. The monoisotopic (exact) mass is 388 g/mol. The molecule has 0 atom stereocenters. The predicted octanol–water partition coefficient (Wildman–Crippen LogP) is 5.69. The van der Waals surface area contributed by atoms with Crippen LogP contribution in [0.15, 0.2) is 59.2 Å². The van der Waals surface area contributed by atoms with Gasteiger partial charge in [-0.25, -0.2) is 4.98 Å². The van der Waals surface area contributed by atoms with Crippen molar-refractivity contribution in [3.63, 3.8) is 0 Å². The van der Waals surface area contributed by atoms with Crippen LogP contribution in [0, 0.1) is 6.92 Å². The molecule has 2 N–H and O–H groups in total. The lowest BCUT2D eigenvalue weighted by Gasteiger charge is -2.10. The van der Waals surface area contributed by atoms with Crippen molar-refractivity contribution in [3.05, 3.63) is 69.8 Å². The normalized spacial score (nSPS) is 10.4. The number of benzene rings is 2. The van der Waals surface area contributed by atoms with Crippen molar-refractivity contribution < 1.29 is 0 Å². The second-order valence-electron chi connectivity index (χ2n) is 4.99. The Labute approximate surface area is 148 Å². The number of rotatable bonds is 4. The zero-order valence-electron chi connectivity index (χ0n) is 12.3. The van der Waals surface area contributed by atoms with Gasteiger partial charge in [-0.3, -0.25) is 0 Å². The Bertz CT molecular complexity index is 838. The fraction of sp³-hybridized carbons (Fsp3) is 0.0588. The summed E-state index contributed by atoms with van der Waals surface area (Å²) in [6, 6.07) is 15.3. The number of hydrogen-bond donors (Lipinski definition) is 2. The van der Waals surface area contributed by atoms with E-state index in [-0.39, 0.29) is 0 Å². The van der Waals surface area contributed by atoms with Crippen LogP contribution >= 0.6 is 27.5 Å². The van der Waals surface area contributed by atoms with Crippen LogP contribution in [0.25, 0.3) is 0 Å². The number of nitrogens with zero attached hydrogens (tertiary/aromatic N) is 2. The molecule has 0 saturated carbocycles. The third-order valence-electron chi connectivity index (χ3n) is 3.19. The first-order chi connectivity index (χ1) is 11.1. The van der Waals surface area contributed by atoms with Gasteiger partial charge in [-0.15, -0.1) is 0 Å². The van der Waals surface area contributed by atoms with Gasteiger partial charge in [0.25, 0.3) is 0 Å². The quantitative estimate of drug-likeness (QED) is 0.602. The fourth-order valence-electron chi connectivity index (χ4n) is 2.09. The van der Waals surface area contributed by atoms with Gasteiger partial charge in [0.1, 0.15) is 5.82 Å². The zero-order valence-corrected chi connectivity index (χ0v) is 14.7. The van der Waals surface area contributed by atoms with Crippen LogP contribution < -0.4 is 10.6 Å². The molecule has 0 bridgehead atoms. The largest absolute Gasteiger partial charge is 0.340 e. The van der Waals surface area contributed by atoms with Gasteiger partial charge in [0.2, 0.25) is 5.95 Å². The Morgan fingerprint density at radius 2 is 1.91 bits per heavy atom. The summed E-state index contributed by atoms with van der Waals surface area (Å²) >= 11 is 9.42. The van der Waals surface area contributed by atoms with Crippen LogP contribution in [0.3, 0.4) is 0 Å². The van der Waals surface area contributed by atoms with Crippen molar-refractivity contribution in [2.75, 3.05) is 10.6 Å². The minimum absolute atomic E-state index is 0.528. The van der Waals surface area contributed by atoms with E-state index in [9.17, 15) is 0 Å². The van der Waals surface area contributed by atoms with E-state index in [1.54, 1.807) is 6.20 Å². The Morgan fingerprint density at radius 1 is 1.04 bits per heavy atom. The summed E-state index contributed by atoms with van der Waals surface area (Å²) in [7, 11) is 0. The first kappa shape index (κ1) is 15.8. The highest BCUT2D eigenvalue weighted by Gasteiger charge is 2.04. The van der Waals surface area contributed by atoms with Gasteiger partial charge >= 0.3 is 0 Å². The standard InChI is InChI=1S/C17H14BrClN4/c1-11-9-13(19)5-6-15(11)22-16-7-8-20-17(23-16)21-14-4-2-3-12(18)10-14/h2-10H,1H3,(H2,20,21,22,23). The molecule has 0 aliphatic heterocycles. The third-order valence-corrected chi connectivity index (χ3v) is 3.92. The maximum Gasteiger partial charge on any atom is 0.229 e. The highest BCUT2D eigenvalue weighted by Crippen LogP contribution is 2.24. The van der Waals surface area contributed by atoms with E-state index in [1.807, 2.05) is 55.5 Å². The van der Waals surface area contributed by atoms with Crippen molar-refractivity contribution >= 4 is 50.7 Å². The van der Waals surface area contributed by atoms with E-state index in [1.165, 1.54) is 0 Å². The molecule has 4 nitrogen and oxygen atoms in total. The smallest absolute Gasteiger partial charge is 0.229 e. The lowest BCUT2D eigenvalue weighted by Crippen LogP contribution is -2.01.